The van der Waals surface area contributed by atoms with Gasteiger partial charge in [0.05, 0.1) is 18.9 Å². The van der Waals surface area contributed by atoms with E-state index in [9.17, 15) is 9.18 Å². The number of methoxy groups -OCH3 is 1. The summed E-state index contributed by atoms with van der Waals surface area (Å²) in [4.78, 5) is 12.2. The zero-order chi connectivity index (χ0) is 17.6. The molecule has 25 heavy (non-hydrogen) atoms. The number of amides is 1. The summed E-state index contributed by atoms with van der Waals surface area (Å²) in [6.07, 6.45) is 1.71. The first-order chi connectivity index (χ1) is 12.1. The number of carbonyl (C=O) groups is 1. The Bertz CT molecular complexity index is 878. The van der Waals surface area contributed by atoms with Crippen molar-refractivity contribution in [2.75, 3.05) is 7.11 Å². The third-order valence-electron chi connectivity index (χ3n) is 5.08. The predicted molar refractivity (Wildman–Crippen MR) is 93.0 cm³/mol. The largest absolute Gasteiger partial charge is 0.497 e. The van der Waals surface area contributed by atoms with Gasteiger partial charge in [0.2, 0.25) is 5.91 Å². The third kappa shape index (κ3) is 2.51. The number of hydrogen-bond donors (Lipinski definition) is 0. The zero-order valence-electron chi connectivity index (χ0n) is 14.2. The number of aryl methyl sites for hydroxylation is 1. The zero-order valence-corrected chi connectivity index (χ0v) is 14.2. The molecule has 0 unspecified atom stereocenters. The predicted octanol–water partition coefficient (Wildman–Crippen LogP) is 3.70. The standard InChI is InChI=1S/C20H19FN2O2/c1-12(24)23-20(15-5-3-4-6-18(15)21)16-10-8-13-7-9-14(25-2)11-17(13)19(16)22-23/h3-7,9,11,16,20H,8,10H2,1-2H3/t16-,20+/m1/s1. The Kier molecular flexibility index (Phi) is 3.79. The number of nitrogens with zero attached hydrogens (tertiary/aromatic N) is 2. The molecule has 4 nitrogen and oxygen atoms in total. The Hall–Kier alpha value is -2.69. The second kappa shape index (κ2) is 5.99. The van der Waals surface area contributed by atoms with E-state index < -0.39 is 6.04 Å². The highest BCUT2D eigenvalue weighted by atomic mass is 19.1. The number of hydrogen-bond acceptors (Lipinski definition) is 3. The first kappa shape index (κ1) is 15.8. The average Bonchev–Trinajstić information content (AvgIpc) is 3.02. The van der Waals surface area contributed by atoms with Gasteiger partial charge in [-0.2, -0.15) is 5.10 Å². The molecule has 0 saturated carbocycles. The number of ether oxygens (including phenoxy) is 1. The summed E-state index contributed by atoms with van der Waals surface area (Å²) in [7, 11) is 1.63. The van der Waals surface area contributed by atoms with Crippen molar-refractivity contribution in [3.05, 3.63) is 65.0 Å². The van der Waals surface area contributed by atoms with Crippen LogP contribution in [-0.4, -0.2) is 23.7 Å². The van der Waals surface area contributed by atoms with Gasteiger partial charge in [-0.3, -0.25) is 4.79 Å². The number of halogens is 1. The molecular formula is C20H19FN2O2. The van der Waals surface area contributed by atoms with Crippen LogP contribution < -0.4 is 4.74 Å². The fourth-order valence-corrected chi connectivity index (χ4v) is 3.90. The van der Waals surface area contributed by atoms with E-state index in [0.717, 1.165) is 29.9 Å². The van der Waals surface area contributed by atoms with Crippen molar-refractivity contribution >= 4 is 11.6 Å². The fourth-order valence-electron chi connectivity index (χ4n) is 3.90. The molecule has 2 atom stereocenters. The van der Waals surface area contributed by atoms with Crippen molar-refractivity contribution < 1.29 is 13.9 Å². The van der Waals surface area contributed by atoms with Crippen LogP contribution in [0.3, 0.4) is 0 Å². The Morgan fingerprint density at radius 2 is 2.08 bits per heavy atom. The van der Waals surface area contributed by atoms with Crippen LogP contribution in [0.2, 0.25) is 0 Å². The van der Waals surface area contributed by atoms with Crippen LogP contribution in [0.4, 0.5) is 4.39 Å². The maximum absolute atomic E-state index is 14.4. The van der Waals surface area contributed by atoms with Gasteiger partial charge in [0, 0.05) is 24.0 Å². The van der Waals surface area contributed by atoms with Gasteiger partial charge >= 0.3 is 0 Å². The summed E-state index contributed by atoms with van der Waals surface area (Å²) < 4.78 is 19.8. The van der Waals surface area contributed by atoms with E-state index in [0.29, 0.717) is 5.56 Å². The monoisotopic (exact) mass is 338 g/mol. The molecule has 2 aromatic carbocycles. The van der Waals surface area contributed by atoms with Crippen LogP contribution in [0.1, 0.15) is 36.1 Å². The van der Waals surface area contributed by atoms with E-state index in [1.165, 1.54) is 23.6 Å². The van der Waals surface area contributed by atoms with Crippen LogP contribution in [0.25, 0.3) is 0 Å². The van der Waals surface area contributed by atoms with E-state index in [1.807, 2.05) is 18.2 Å². The van der Waals surface area contributed by atoms with Gasteiger partial charge in [-0.1, -0.05) is 24.3 Å². The Labute approximate surface area is 145 Å². The number of carbonyl (C=O) groups excluding carboxylic acids is 1. The molecule has 2 aliphatic rings. The van der Waals surface area contributed by atoms with Gasteiger partial charge in [-0.05, 0) is 36.6 Å². The van der Waals surface area contributed by atoms with Crippen molar-refractivity contribution in [1.82, 2.24) is 5.01 Å². The lowest BCUT2D eigenvalue weighted by Crippen LogP contribution is -2.31. The molecule has 4 rings (SSSR count). The van der Waals surface area contributed by atoms with E-state index in [4.69, 9.17) is 4.74 Å². The van der Waals surface area contributed by atoms with Crippen molar-refractivity contribution in [3.63, 3.8) is 0 Å². The Balaban J connectivity index is 1.83. The molecule has 1 amide bonds. The van der Waals surface area contributed by atoms with Gasteiger partial charge in [-0.25, -0.2) is 9.40 Å². The van der Waals surface area contributed by atoms with Crippen molar-refractivity contribution in [2.45, 2.75) is 25.8 Å². The minimum atomic E-state index is -0.395. The van der Waals surface area contributed by atoms with Crippen molar-refractivity contribution in [1.29, 1.82) is 0 Å². The van der Waals surface area contributed by atoms with Crippen molar-refractivity contribution in [2.24, 2.45) is 11.0 Å². The quantitative estimate of drug-likeness (QED) is 0.838. The normalized spacial score (nSPS) is 21.4. The highest BCUT2D eigenvalue weighted by molar-refractivity contribution is 6.07. The lowest BCUT2D eigenvalue weighted by atomic mass is 9.77. The summed E-state index contributed by atoms with van der Waals surface area (Å²) in [5.74, 6) is 0.262. The summed E-state index contributed by atoms with van der Waals surface area (Å²) >= 11 is 0. The lowest BCUT2D eigenvalue weighted by molar-refractivity contribution is -0.131. The third-order valence-corrected chi connectivity index (χ3v) is 5.08. The summed E-state index contributed by atoms with van der Waals surface area (Å²) in [5.41, 5.74) is 3.56. The molecule has 1 aliphatic carbocycles. The smallest absolute Gasteiger partial charge is 0.240 e. The minimum Gasteiger partial charge on any atom is -0.497 e. The first-order valence-electron chi connectivity index (χ1n) is 8.40. The number of benzene rings is 2. The molecule has 1 heterocycles. The number of hydrazone groups is 1. The van der Waals surface area contributed by atoms with Crippen molar-refractivity contribution in [3.8, 4) is 5.75 Å². The molecule has 2 aromatic rings. The molecule has 0 N–H and O–H groups in total. The van der Waals surface area contributed by atoms with Gasteiger partial charge in [0.15, 0.2) is 0 Å². The second-order valence-corrected chi connectivity index (χ2v) is 6.48. The highest BCUT2D eigenvalue weighted by Gasteiger charge is 2.44. The van der Waals surface area contributed by atoms with E-state index >= 15 is 0 Å². The van der Waals surface area contributed by atoms with E-state index in [1.54, 1.807) is 25.3 Å². The fraction of sp³-hybridized carbons (Fsp3) is 0.300. The Morgan fingerprint density at radius 1 is 1.28 bits per heavy atom. The second-order valence-electron chi connectivity index (χ2n) is 6.48. The van der Waals surface area contributed by atoms with Crippen LogP contribution in [0, 0.1) is 11.7 Å². The molecule has 5 heteroatoms. The van der Waals surface area contributed by atoms with Gasteiger partial charge < -0.3 is 4.74 Å². The molecule has 0 radical (unpaired) electrons. The highest BCUT2D eigenvalue weighted by Crippen LogP contribution is 2.44. The number of fused-ring (bicyclic) bond motifs is 3. The lowest BCUT2D eigenvalue weighted by Gasteiger charge is -2.29. The van der Waals surface area contributed by atoms with Crippen LogP contribution in [-0.2, 0) is 11.2 Å². The molecule has 0 aromatic heterocycles. The van der Waals surface area contributed by atoms with E-state index in [-0.39, 0.29) is 17.6 Å². The summed E-state index contributed by atoms with van der Waals surface area (Å²) in [6, 6.07) is 12.2. The van der Waals surface area contributed by atoms with Gasteiger partial charge in [-0.15, -0.1) is 0 Å². The minimum absolute atomic E-state index is 0.0135. The number of rotatable bonds is 2. The SMILES string of the molecule is COc1ccc2c(c1)C1=NN(C(C)=O)[C@@H](c3ccccc3F)[C@@H]1CC2. The van der Waals surface area contributed by atoms with Gasteiger partial charge in [0.25, 0.3) is 0 Å². The van der Waals surface area contributed by atoms with Gasteiger partial charge in [0.1, 0.15) is 11.6 Å². The summed E-state index contributed by atoms with van der Waals surface area (Å²) in [6.45, 7) is 1.47. The maximum atomic E-state index is 14.4. The molecule has 0 bridgehead atoms. The topological polar surface area (TPSA) is 41.9 Å². The molecule has 0 saturated heterocycles. The molecular weight excluding hydrogens is 319 g/mol. The Morgan fingerprint density at radius 3 is 2.80 bits per heavy atom. The molecule has 1 aliphatic heterocycles. The molecule has 128 valence electrons. The summed E-state index contributed by atoms with van der Waals surface area (Å²) in [5, 5.41) is 6.04. The van der Waals surface area contributed by atoms with Crippen LogP contribution in [0.5, 0.6) is 5.75 Å². The van der Waals surface area contributed by atoms with Crippen LogP contribution >= 0.6 is 0 Å². The van der Waals surface area contributed by atoms with Crippen LogP contribution in [0.15, 0.2) is 47.6 Å². The van der Waals surface area contributed by atoms with E-state index in [2.05, 4.69) is 5.10 Å². The average molecular weight is 338 g/mol. The first-order valence-corrected chi connectivity index (χ1v) is 8.40. The molecule has 0 fully saturated rings. The molecule has 0 spiro atoms. The maximum Gasteiger partial charge on any atom is 0.240 e.